The zero-order valence-electron chi connectivity index (χ0n) is 15.6. The highest BCUT2D eigenvalue weighted by molar-refractivity contribution is 5.77. The summed E-state index contributed by atoms with van der Waals surface area (Å²) in [6.45, 7) is 2.60. The van der Waals surface area contributed by atoms with E-state index in [0.29, 0.717) is 26.3 Å². The summed E-state index contributed by atoms with van der Waals surface area (Å²) in [5, 5.41) is 0. The van der Waals surface area contributed by atoms with Gasteiger partial charge in [-0.3, -0.25) is 9.78 Å². The van der Waals surface area contributed by atoms with Gasteiger partial charge in [0, 0.05) is 30.8 Å². The number of nitrogens with zero attached hydrogens (tertiary/aromatic N) is 3. The second-order valence-corrected chi connectivity index (χ2v) is 7.42. The topological polar surface area (TPSA) is 56.6 Å². The van der Waals surface area contributed by atoms with Gasteiger partial charge in [0.05, 0.1) is 31.9 Å². The zero-order chi connectivity index (χ0) is 18.5. The van der Waals surface area contributed by atoms with Crippen molar-refractivity contribution in [2.75, 3.05) is 19.8 Å². The normalized spacial score (nSPS) is 20.0. The molecule has 1 unspecified atom stereocenters. The first-order valence-electron chi connectivity index (χ1n) is 9.81. The highest BCUT2D eigenvalue weighted by Gasteiger charge is 2.28. The predicted molar refractivity (Wildman–Crippen MR) is 101 cm³/mol. The first-order valence-corrected chi connectivity index (χ1v) is 9.81. The van der Waals surface area contributed by atoms with Crippen LogP contribution in [0.4, 0.5) is 0 Å². The van der Waals surface area contributed by atoms with E-state index in [1.54, 1.807) is 12.4 Å². The van der Waals surface area contributed by atoms with Crippen molar-refractivity contribution in [3.05, 3.63) is 54.1 Å². The van der Waals surface area contributed by atoms with Gasteiger partial charge in [0.2, 0.25) is 5.91 Å². The molecule has 1 aliphatic carbocycles. The van der Waals surface area contributed by atoms with Gasteiger partial charge in [0.25, 0.3) is 0 Å². The second kappa shape index (κ2) is 8.67. The van der Waals surface area contributed by atoms with Crippen molar-refractivity contribution in [1.29, 1.82) is 0 Å². The van der Waals surface area contributed by atoms with Crippen LogP contribution in [0.25, 0.3) is 0 Å². The molecular weight excluding hydrogens is 342 g/mol. The van der Waals surface area contributed by atoms with Gasteiger partial charge in [-0.25, -0.2) is 0 Å². The average Bonchev–Trinajstić information content (AvgIpc) is 3.38. The summed E-state index contributed by atoms with van der Waals surface area (Å²) in [7, 11) is 0. The molecule has 4 rings (SSSR count). The van der Waals surface area contributed by atoms with Crippen LogP contribution in [0, 0.1) is 0 Å². The van der Waals surface area contributed by atoms with Crippen LogP contribution in [0.5, 0.6) is 0 Å². The molecular formula is C21H27N3O3. The molecule has 3 heterocycles. The van der Waals surface area contributed by atoms with Crippen molar-refractivity contribution in [2.45, 2.75) is 51.0 Å². The van der Waals surface area contributed by atoms with E-state index in [1.807, 2.05) is 23.1 Å². The highest BCUT2D eigenvalue weighted by Crippen LogP contribution is 2.24. The summed E-state index contributed by atoms with van der Waals surface area (Å²) in [5.74, 6) is 0.0773. The van der Waals surface area contributed by atoms with E-state index in [4.69, 9.17) is 9.47 Å². The van der Waals surface area contributed by atoms with E-state index in [1.165, 1.54) is 12.8 Å². The van der Waals surface area contributed by atoms with Gasteiger partial charge in [-0.2, -0.15) is 0 Å². The molecule has 6 nitrogen and oxygen atoms in total. The fourth-order valence-corrected chi connectivity index (χ4v) is 3.97. The number of amides is 1. The zero-order valence-corrected chi connectivity index (χ0v) is 15.6. The van der Waals surface area contributed by atoms with Crippen LogP contribution in [0.2, 0.25) is 0 Å². The lowest BCUT2D eigenvalue weighted by atomic mass is 10.2. The Bertz CT molecular complexity index is 740. The van der Waals surface area contributed by atoms with Crippen molar-refractivity contribution in [3.63, 3.8) is 0 Å². The van der Waals surface area contributed by atoms with Crippen molar-refractivity contribution < 1.29 is 14.3 Å². The van der Waals surface area contributed by atoms with Crippen LogP contribution in [0.1, 0.15) is 43.0 Å². The molecule has 6 heteroatoms. The largest absolute Gasteiger partial charge is 0.375 e. The molecule has 0 spiro atoms. The van der Waals surface area contributed by atoms with Gasteiger partial charge in [-0.1, -0.05) is 12.8 Å². The molecule has 144 valence electrons. The summed E-state index contributed by atoms with van der Waals surface area (Å²) in [6, 6.07) is 8.15. The number of ether oxygens (including phenoxy) is 2. The molecule has 0 saturated heterocycles. The standard InChI is InChI=1S/C21H27N3O3/c25-21(16-27-20-5-1-2-6-20)23-12-18-4-3-11-24(18)19(13-23)15-26-14-17-7-9-22-10-8-17/h3-4,7-11,19-20H,1-2,5-6,12-16H2. The van der Waals surface area contributed by atoms with Crippen LogP contribution in [0.3, 0.4) is 0 Å². The monoisotopic (exact) mass is 369 g/mol. The minimum Gasteiger partial charge on any atom is -0.375 e. The lowest BCUT2D eigenvalue weighted by Crippen LogP contribution is -2.43. The molecule has 1 amide bonds. The van der Waals surface area contributed by atoms with Crippen molar-refractivity contribution >= 4 is 5.91 Å². The van der Waals surface area contributed by atoms with Gasteiger partial charge in [-0.15, -0.1) is 0 Å². The Kier molecular flexibility index (Phi) is 5.84. The van der Waals surface area contributed by atoms with E-state index in [2.05, 4.69) is 21.8 Å². The van der Waals surface area contributed by atoms with Crippen LogP contribution in [-0.2, 0) is 27.4 Å². The number of hydrogen-bond donors (Lipinski definition) is 0. The van der Waals surface area contributed by atoms with Crippen molar-refractivity contribution in [3.8, 4) is 0 Å². The molecule has 27 heavy (non-hydrogen) atoms. The summed E-state index contributed by atoms with van der Waals surface area (Å²) >= 11 is 0. The lowest BCUT2D eigenvalue weighted by Gasteiger charge is -2.35. The van der Waals surface area contributed by atoms with Crippen molar-refractivity contribution in [1.82, 2.24) is 14.5 Å². The Hall–Kier alpha value is -2.18. The molecule has 0 radical (unpaired) electrons. The quantitative estimate of drug-likeness (QED) is 0.753. The Morgan fingerprint density at radius 1 is 1.19 bits per heavy atom. The fraction of sp³-hybridized carbons (Fsp3) is 0.524. The molecule has 0 aromatic carbocycles. The first kappa shape index (κ1) is 18.2. The minimum atomic E-state index is 0.0773. The Morgan fingerprint density at radius 3 is 2.81 bits per heavy atom. The number of aromatic nitrogens is 2. The number of rotatable bonds is 7. The summed E-state index contributed by atoms with van der Waals surface area (Å²) in [6.07, 6.45) is 10.5. The summed E-state index contributed by atoms with van der Waals surface area (Å²) in [4.78, 5) is 18.6. The van der Waals surface area contributed by atoms with E-state index in [-0.39, 0.29) is 24.7 Å². The Balaban J connectivity index is 1.33. The predicted octanol–water partition coefficient (Wildman–Crippen LogP) is 2.94. The lowest BCUT2D eigenvalue weighted by molar-refractivity contribution is -0.140. The fourth-order valence-electron chi connectivity index (χ4n) is 3.97. The minimum absolute atomic E-state index is 0.0773. The maximum Gasteiger partial charge on any atom is 0.249 e. The summed E-state index contributed by atoms with van der Waals surface area (Å²) in [5.41, 5.74) is 2.25. The Morgan fingerprint density at radius 2 is 2.00 bits per heavy atom. The van der Waals surface area contributed by atoms with Crippen LogP contribution < -0.4 is 0 Å². The second-order valence-electron chi connectivity index (χ2n) is 7.42. The first-order chi connectivity index (χ1) is 13.3. The highest BCUT2D eigenvalue weighted by atomic mass is 16.5. The third kappa shape index (κ3) is 4.57. The van der Waals surface area contributed by atoms with Crippen LogP contribution in [0.15, 0.2) is 42.9 Å². The van der Waals surface area contributed by atoms with Gasteiger partial charge in [0.1, 0.15) is 6.61 Å². The van der Waals surface area contributed by atoms with Crippen LogP contribution in [-0.4, -0.2) is 46.2 Å². The van der Waals surface area contributed by atoms with E-state index >= 15 is 0 Å². The maximum atomic E-state index is 12.7. The molecule has 1 fully saturated rings. The average molecular weight is 369 g/mol. The number of hydrogen-bond acceptors (Lipinski definition) is 4. The number of carbonyl (C=O) groups is 1. The van der Waals surface area contributed by atoms with E-state index in [9.17, 15) is 4.79 Å². The SMILES string of the molecule is O=C(COC1CCCC1)N1Cc2cccn2C(COCc2ccncc2)C1. The maximum absolute atomic E-state index is 12.7. The Labute approximate surface area is 160 Å². The molecule has 2 aliphatic rings. The van der Waals surface area contributed by atoms with Gasteiger partial charge in [0.15, 0.2) is 0 Å². The molecule has 1 atom stereocenters. The van der Waals surface area contributed by atoms with Gasteiger partial charge < -0.3 is 18.9 Å². The van der Waals surface area contributed by atoms with E-state index < -0.39 is 0 Å². The number of carbonyl (C=O) groups excluding carboxylic acids is 1. The van der Waals surface area contributed by atoms with Crippen molar-refractivity contribution in [2.24, 2.45) is 0 Å². The third-order valence-electron chi connectivity index (χ3n) is 5.47. The molecule has 2 aromatic heterocycles. The van der Waals surface area contributed by atoms with Gasteiger partial charge >= 0.3 is 0 Å². The number of fused-ring (bicyclic) bond motifs is 1. The third-order valence-corrected chi connectivity index (χ3v) is 5.47. The smallest absolute Gasteiger partial charge is 0.249 e. The van der Waals surface area contributed by atoms with E-state index in [0.717, 1.165) is 24.1 Å². The molecule has 2 aromatic rings. The molecule has 1 saturated carbocycles. The molecule has 0 N–H and O–H groups in total. The molecule has 1 aliphatic heterocycles. The molecule has 0 bridgehead atoms. The number of pyridine rings is 1. The summed E-state index contributed by atoms with van der Waals surface area (Å²) < 4.78 is 14.0. The van der Waals surface area contributed by atoms with Gasteiger partial charge in [-0.05, 0) is 42.7 Å². The van der Waals surface area contributed by atoms with Crippen LogP contribution >= 0.6 is 0 Å².